The van der Waals surface area contributed by atoms with Crippen LogP contribution in [0.1, 0.15) is 303 Å². The van der Waals surface area contributed by atoms with Crippen molar-refractivity contribution >= 4 is 17.9 Å². The van der Waals surface area contributed by atoms with Gasteiger partial charge in [-0.3, -0.25) is 14.4 Å². The second kappa shape index (κ2) is 59.4. The maximum atomic E-state index is 12.8. The lowest BCUT2D eigenvalue weighted by atomic mass is 10.0. The van der Waals surface area contributed by atoms with Gasteiger partial charge in [0, 0.05) is 19.3 Å². The highest BCUT2D eigenvalue weighted by Gasteiger charge is 2.19. The largest absolute Gasteiger partial charge is 0.462 e. The van der Waals surface area contributed by atoms with E-state index in [0.717, 1.165) is 96.3 Å². The smallest absolute Gasteiger partial charge is 0.306 e. The lowest BCUT2D eigenvalue weighted by molar-refractivity contribution is -0.167. The molecule has 0 bridgehead atoms. The van der Waals surface area contributed by atoms with E-state index in [1.54, 1.807) is 0 Å². The van der Waals surface area contributed by atoms with Gasteiger partial charge in [-0.2, -0.15) is 0 Å². The molecule has 0 aliphatic carbocycles. The first-order chi connectivity index (χ1) is 35.0. The average molecular weight is 992 g/mol. The van der Waals surface area contributed by atoms with Gasteiger partial charge in [0.15, 0.2) is 6.10 Å². The molecule has 0 aromatic heterocycles. The summed E-state index contributed by atoms with van der Waals surface area (Å²) in [5.74, 6) is -0.876. The van der Waals surface area contributed by atoms with Crippen molar-refractivity contribution in [3.8, 4) is 0 Å². The topological polar surface area (TPSA) is 78.9 Å². The summed E-state index contributed by atoms with van der Waals surface area (Å²) in [5, 5.41) is 0. The normalized spacial score (nSPS) is 12.5. The number of rotatable bonds is 55. The van der Waals surface area contributed by atoms with Gasteiger partial charge in [0.25, 0.3) is 0 Å². The number of hydrogen-bond acceptors (Lipinski definition) is 6. The van der Waals surface area contributed by atoms with Crippen LogP contribution in [-0.2, 0) is 28.6 Å². The molecule has 0 radical (unpaired) electrons. The Labute approximate surface area is 440 Å². The maximum Gasteiger partial charge on any atom is 0.306 e. The minimum absolute atomic E-state index is 0.0764. The summed E-state index contributed by atoms with van der Waals surface area (Å²) in [4.78, 5) is 38.1. The van der Waals surface area contributed by atoms with Crippen LogP contribution in [0.2, 0.25) is 0 Å². The van der Waals surface area contributed by atoms with Gasteiger partial charge in [-0.25, -0.2) is 0 Å². The Morgan fingerprint density at radius 2 is 0.563 bits per heavy atom. The van der Waals surface area contributed by atoms with Gasteiger partial charge in [0.05, 0.1) is 0 Å². The second-order valence-corrected chi connectivity index (χ2v) is 20.2. The third-order valence-electron chi connectivity index (χ3n) is 13.2. The van der Waals surface area contributed by atoms with Crippen molar-refractivity contribution in [1.82, 2.24) is 0 Å². The molecule has 0 N–H and O–H groups in total. The van der Waals surface area contributed by atoms with E-state index in [4.69, 9.17) is 14.2 Å². The van der Waals surface area contributed by atoms with Crippen molar-refractivity contribution in [2.75, 3.05) is 13.2 Å². The molecule has 0 saturated heterocycles. The van der Waals surface area contributed by atoms with Crippen molar-refractivity contribution in [2.24, 2.45) is 0 Å². The minimum atomic E-state index is -0.777. The number of carbonyl (C=O) groups excluding carboxylic acids is 3. The lowest BCUT2D eigenvalue weighted by Crippen LogP contribution is -2.30. The molecule has 0 saturated carbocycles. The van der Waals surface area contributed by atoms with Gasteiger partial charge in [-0.1, -0.05) is 273 Å². The highest BCUT2D eigenvalue weighted by Crippen LogP contribution is 2.16. The van der Waals surface area contributed by atoms with E-state index in [1.165, 1.54) is 167 Å². The Morgan fingerprint density at radius 3 is 0.915 bits per heavy atom. The lowest BCUT2D eigenvalue weighted by Gasteiger charge is -2.18. The molecule has 0 fully saturated rings. The van der Waals surface area contributed by atoms with Gasteiger partial charge in [-0.15, -0.1) is 0 Å². The second-order valence-electron chi connectivity index (χ2n) is 20.2. The number of esters is 3. The first-order valence-electron chi connectivity index (χ1n) is 30.4. The Kier molecular flexibility index (Phi) is 56.8. The molecule has 71 heavy (non-hydrogen) atoms. The van der Waals surface area contributed by atoms with Crippen LogP contribution in [0.15, 0.2) is 72.9 Å². The zero-order chi connectivity index (χ0) is 51.4. The average Bonchev–Trinajstić information content (AvgIpc) is 3.37. The van der Waals surface area contributed by atoms with E-state index in [2.05, 4.69) is 93.7 Å². The standard InChI is InChI=1S/C65H114O6/c1-4-7-10-13-16-19-22-24-26-27-28-29-30-31-32-33-34-35-36-37-39-40-43-46-49-52-55-58-64(67)70-61-62(60-69-63(66)57-54-51-48-45-42-21-18-15-12-9-6-3)71-65(68)59-56-53-50-47-44-41-38-25-23-20-17-14-11-8-5-2/h7,10,15-16,18-19,24,26,28-29,31-32,62H,4-6,8-9,11-14,17,20-23,25,27,30,33-61H2,1-3H3/b10-7-,18-15-,19-16-,26-24-,29-28-,32-31-. The van der Waals surface area contributed by atoms with E-state index in [9.17, 15) is 14.4 Å². The molecular weight excluding hydrogens is 877 g/mol. The molecule has 0 aliphatic heterocycles. The van der Waals surface area contributed by atoms with E-state index < -0.39 is 6.10 Å². The molecule has 0 spiro atoms. The molecule has 0 heterocycles. The minimum Gasteiger partial charge on any atom is -0.462 e. The summed E-state index contributed by atoms with van der Waals surface area (Å²) in [6.45, 7) is 6.51. The van der Waals surface area contributed by atoms with Crippen molar-refractivity contribution in [3.63, 3.8) is 0 Å². The SMILES string of the molecule is CC/C=C\C/C=C\C/C=C\C/C=C\C/C=C\CCCCCCCCCCCCCC(=O)OCC(COC(=O)CCCCCCC/C=C\CCCC)OC(=O)CCCCCCCCCCCCCCCCC. The molecule has 0 amide bonds. The van der Waals surface area contributed by atoms with Crippen LogP contribution in [0.4, 0.5) is 0 Å². The first-order valence-corrected chi connectivity index (χ1v) is 30.4. The number of ether oxygens (including phenoxy) is 3. The highest BCUT2D eigenvalue weighted by molar-refractivity contribution is 5.71. The fourth-order valence-electron chi connectivity index (χ4n) is 8.63. The predicted molar refractivity (Wildman–Crippen MR) is 307 cm³/mol. The van der Waals surface area contributed by atoms with E-state index in [0.29, 0.717) is 19.3 Å². The van der Waals surface area contributed by atoms with E-state index in [-0.39, 0.29) is 31.1 Å². The van der Waals surface area contributed by atoms with Gasteiger partial charge < -0.3 is 14.2 Å². The van der Waals surface area contributed by atoms with Crippen LogP contribution in [0, 0.1) is 0 Å². The number of hydrogen-bond donors (Lipinski definition) is 0. The van der Waals surface area contributed by atoms with Crippen LogP contribution in [-0.4, -0.2) is 37.2 Å². The van der Waals surface area contributed by atoms with Crippen LogP contribution in [0.5, 0.6) is 0 Å². The summed E-state index contributed by atoms with van der Waals surface area (Å²) >= 11 is 0. The van der Waals surface area contributed by atoms with E-state index >= 15 is 0 Å². The molecule has 0 aromatic rings. The summed E-state index contributed by atoms with van der Waals surface area (Å²) < 4.78 is 16.9. The van der Waals surface area contributed by atoms with Crippen molar-refractivity contribution in [1.29, 1.82) is 0 Å². The Balaban J connectivity index is 4.23. The highest BCUT2D eigenvalue weighted by atomic mass is 16.6. The number of allylic oxidation sites excluding steroid dienone is 12. The predicted octanol–water partition coefficient (Wildman–Crippen LogP) is 20.5. The van der Waals surface area contributed by atoms with E-state index in [1.807, 2.05) is 0 Å². The zero-order valence-electron chi connectivity index (χ0n) is 47.0. The first kappa shape index (κ1) is 67.8. The van der Waals surface area contributed by atoms with Crippen molar-refractivity contribution in [2.45, 2.75) is 309 Å². The maximum absolute atomic E-state index is 12.8. The molecule has 6 nitrogen and oxygen atoms in total. The Hall–Kier alpha value is -3.15. The molecule has 1 atom stereocenters. The molecule has 1 unspecified atom stereocenters. The van der Waals surface area contributed by atoms with Gasteiger partial charge >= 0.3 is 17.9 Å². The van der Waals surface area contributed by atoms with Crippen molar-refractivity contribution in [3.05, 3.63) is 72.9 Å². The monoisotopic (exact) mass is 991 g/mol. The van der Waals surface area contributed by atoms with Crippen LogP contribution in [0.3, 0.4) is 0 Å². The number of carbonyl (C=O) groups is 3. The molecule has 0 aromatic carbocycles. The third kappa shape index (κ3) is 57.6. The Morgan fingerprint density at radius 1 is 0.296 bits per heavy atom. The summed E-state index contributed by atoms with van der Waals surface area (Å²) in [5.41, 5.74) is 0. The van der Waals surface area contributed by atoms with Crippen LogP contribution < -0.4 is 0 Å². The summed E-state index contributed by atoms with van der Waals surface area (Å²) in [7, 11) is 0. The Bertz CT molecular complexity index is 1320. The molecule has 0 aliphatic rings. The molecule has 410 valence electrons. The molecule has 6 heteroatoms. The fraction of sp³-hybridized carbons (Fsp3) is 0.769. The van der Waals surface area contributed by atoms with Crippen LogP contribution in [0.25, 0.3) is 0 Å². The quantitative estimate of drug-likeness (QED) is 0.0261. The third-order valence-corrected chi connectivity index (χ3v) is 13.2. The fourth-order valence-corrected chi connectivity index (χ4v) is 8.63. The molecule has 0 rings (SSSR count). The number of unbranched alkanes of at least 4 members (excludes halogenated alkanes) is 32. The van der Waals surface area contributed by atoms with Gasteiger partial charge in [0.1, 0.15) is 13.2 Å². The van der Waals surface area contributed by atoms with Gasteiger partial charge in [0.2, 0.25) is 0 Å². The summed E-state index contributed by atoms with van der Waals surface area (Å²) in [6, 6.07) is 0. The summed E-state index contributed by atoms with van der Waals surface area (Å²) in [6.07, 6.45) is 76.2. The van der Waals surface area contributed by atoms with Gasteiger partial charge in [-0.05, 0) is 83.5 Å². The van der Waals surface area contributed by atoms with Crippen molar-refractivity contribution < 1.29 is 28.6 Å². The molecular formula is C65H114O6. The van der Waals surface area contributed by atoms with Crippen LogP contribution >= 0.6 is 0 Å². The zero-order valence-corrected chi connectivity index (χ0v) is 47.0.